The van der Waals surface area contributed by atoms with Gasteiger partial charge in [-0.1, -0.05) is 78.9 Å². The van der Waals surface area contributed by atoms with Crippen LogP contribution in [0.15, 0.2) is 78.9 Å². The van der Waals surface area contributed by atoms with E-state index in [0.717, 1.165) is 24.8 Å². The van der Waals surface area contributed by atoms with Gasteiger partial charge in [0.1, 0.15) is 6.61 Å². The molecule has 1 heterocycles. The van der Waals surface area contributed by atoms with Crippen LogP contribution in [0.25, 0.3) is 11.1 Å². The zero-order chi connectivity index (χ0) is 21.2. The minimum absolute atomic E-state index is 0.0404. The van der Waals surface area contributed by atoms with E-state index < -0.39 is 6.10 Å². The Morgan fingerprint density at radius 1 is 0.903 bits per heavy atom. The van der Waals surface area contributed by atoms with Crippen LogP contribution in [0.1, 0.15) is 48.0 Å². The van der Waals surface area contributed by atoms with Crippen molar-refractivity contribution in [1.29, 1.82) is 0 Å². The minimum Gasteiger partial charge on any atom is -0.448 e. The first kappa shape index (κ1) is 19.8. The van der Waals surface area contributed by atoms with Crippen LogP contribution < -0.4 is 0 Å². The fourth-order valence-electron chi connectivity index (χ4n) is 5.06. The number of aliphatic hydroxyl groups excluding tert-OH is 1. The van der Waals surface area contributed by atoms with Gasteiger partial charge in [-0.25, -0.2) is 4.79 Å². The first-order valence-electron chi connectivity index (χ1n) is 11.1. The van der Waals surface area contributed by atoms with Crippen LogP contribution in [0.3, 0.4) is 0 Å². The number of likely N-dealkylation sites (tertiary alicyclic amines) is 1. The number of ether oxygens (including phenoxy) is 1. The van der Waals surface area contributed by atoms with Crippen LogP contribution in [-0.4, -0.2) is 35.3 Å². The summed E-state index contributed by atoms with van der Waals surface area (Å²) in [6.07, 6.45) is 1.67. The number of hydrogen-bond acceptors (Lipinski definition) is 3. The zero-order valence-electron chi connectivity index (χ0n) is 17.5. The van der Waals surface area contributed by atoms with Crippen LogP contribution in [0.4, 0.5) is 4.79 Å². The maximum atomic E-state index is 13.1. The largest absolute Gasteiger partial charge is 0.448 e. The third-order valence-electron chi connectivity index (χ3n) is 6.63. The molecule has 1 aliphatic carbocycles. The summed E-state index contributed by atoms with van der Waals surface area (Å²) in [5.41, 5.74) is 5.68. The molecule has 0 spiro atoms. The topological polar surface area (TPSA) is 49.8 Å². The Morgan fingerprint density at radius 2 is 1.52 bits per heavy atom. The lowest BCUT2D eigenvalue weighted by Crippen LogP contribution is -2.47. The molecule has 4 heteroatoms. The number of aliphatic hydroxyl groups is 1. The molecule has 158 valence electrons. The van der Waals surface area contributed by atoms with Crippen LogP contribution in [0.5, 0.6) is 0 Å². The van der Waals surface area contributed by atoms with Gasteiger partial charge < -0.3 is 14.7 Å². The smallest absolute Gasteiger partial charge is 0.410 e. The molecule has 0 bridgehead atoms. The van der Waals surface area contributed by atoms with Gasteiger partial charge in [-0.15, -0.1) is 0 Å². The zero-order valence-corrected chi connectivity index (χ0v) is 17.5. The highest BCUT2D eigenvalue weighted by atomic mass is 16.6. The predicted molar refractivity (Wildman–Crippen MR) is 121 cm³/mol. The standard InChI is InChI=1S/C27H27NO3/c29-26(19-10-2-1-3-11-19)25-16-8-9-17-28(25)27(30)31-18-24-22-14-6-4-12-20(22)21-13-5-7-15-23(21)24/h1-7,10-15,24-26,29H,8-9,16-18H2. The molecule has 0 aromatic heterocycles. The molecular weight excluding hydrogens is 386 g/mol. The number of piperidine rings is 1. The third-order valence-corrected chi connectivity index (χ3v) is 6.63. The average molecular weight is 414 g/mol. The molecule has 2 aliphatic rings. The molecule has 1 saturated heterocycles. The van der Waals surface area contributed by atoms with E-state index in [1.165, 1.54) is 22.3 Å². The maximum Gasteiger partial charge on any atom is 0.410 e. The van der Waals surface area contributed by atoms with E-state index in [-0.39, 0.29) is 18.1 Å². The van der Waals surface area contributed by atoms with Crippen molar-refractivity contribution in [2.45, 2.75) is 37.3 Å². The third kappa shape index (κ3) is 3.72. The summed E-state index contributed by atoms with van der Waals surface area (Å²) in [7, 11) is 0. The van der Waals surface area contributed by atoms with Gasteiger partial charge in [0.2, 0.25) is 0 Å². The van der Waals surface area contributed by atoms with Crippen molar-refractivity contribution in [2.24, 2.45) is 0 Å². The quantitative estimate of drug-likeness (QED) is 0.612. The monoisotopic (exact) mass is 413 g/mol. The first-order chi connectivity index (χ1) is 15.2. The maximum absolute atomic E-state index is 13.1. The lowest BCUT2D eigenvalue weighted by molar-refractivity contribution is 0.0151. The van der Waals surface area contributed by atoms with Crippen molar-refractivity contribution in [1.82, 2.24) is 4.90 Å². The number of carbonyl (C=O) groups is 1. The summed E-state index contributed by atoms with van der Waals surface area (Å²) in [6.45, 7) is 0.919. The molecule has 4 nitrogen and oxygen atoms in total. The van der Waals surface area contributed by atoms with Gasteiger partial charge in [0.05, 0.1) is 12.1 Å². The molecule has 31 heavy (non-hydrogen) atoms. The molecule has 1 fully saturated rings. The fraction of sp³-hybridized carbons (Fsp3) is 0.296. The van der Waals surface area contributed by atoms with Crippen LogP contribution in [0, 0.1) is 0 Å². The van der Waals surface area contributed by atoms with Gasteiger partial charge in [-0.05, 0) is 47.1 Å². The van der Waals surface area contributed by atoms with Gasteiger partial charge in [-0.2, -0.15) is 0 Å². The van der Waals surface area contributed by atoms with Gasteiger partial charge in [0.15, 0.2) is 0 Å². The normalized spacial score (nSPS) is 18.9. The molecule has 0 radical (unpaired) electrons. The summed E-state index contributed by atoms with van der Waals surface area (Å²) >= 11 is 0. The minimum atomic E-state index is -0.706. The molecule has 1 aliphatic heterocycles. The van der Waals surface area contributed by atoms with Gasteiger partial charge in [0, 0.05) is 12.5 Å². The molecule has 1 amide bonds. The number of rotatable bonds is 4. The van der Waals surface area contributed by atoms with Gasteiger partial charge in [0.25, 0.3) is 0 Å². The molecule has 0 saturated carbocycles. The van der Waals surface area contributed by atoms with E-state index >= 15 is 0 Å². The van der Waals surface area contributed by atoms with E-state index in [9.17, 15) is 9.90 Å². The number of carbonyl (C=O) groups excluding carboxylic acids is 1. The van der Waals surface area contributed by atoms with Gasteiger partial charge >= 0.3 is 6.09 Å². The number of benzene rings is 3. The highest BCUT2D eigenvalue weighted by molar-refractivity contribution is 5.79. The Balaban J connectivity index is 1.33. The lowest BCUT2D eigenvalue weighted by atomic mass is 9.93. The summed E-state index contributed by atoms with van der Waals surface area (Å²) < 4.78 is 5.87. The first-order valence-corrected chi connectivity index (χ1v) is 11.1. The second-order valence-corrected chi connectivity index (χ2v) is 8.42. The highest BCUT2D eigenvalue weighted by Gasteiger charge is 2.35. The molecule has 5 rings (SSSR count). The van der Waals surface area contributed by atoms with E-state index in [2.05, 4.69) is 24.3 Å². The van der Waals surface area contributed by atoms with Crippen LogP contribution in [0.2, 0.25) is 0 Å². The molecule has 3 aromatic rings. The molecule has 3 aromatic carbocycles. The Labute approximate surface area is 183 Å². The summed E-state index contributed by atoms with van der Waals surface area (Å²) in [5, 5.41) is 11.0. The van der Waals surface area contributed by atoms with Gasteiger partial charge in [-0.3, -0.25) is 0 Å². The summed E-state index contributed by atoms with van der Waals surface area (Å²) in [4.78, 5) is 14.8. The SMILES string of the molecule is O=C(OCC1c2ccccc2-c2ccccc21)N1CCCCC1C(O)c1ccccc1. The van der Waals surface area contributed by atoms with Crippen LogP contribution >= 0.6 is 0 Å². The van der Waals surface area contributed by atoms with Crippen molar-refractivity contribution in [3.05, 3.63) is 95.6 Å². The van der Waals surface area contributed by atoms with E-state index in [1.54, 1.807) is 4.90 Å². The number of amides is 1. The second-order valence-electron chi connectivity index (χ2n) is 8.42. The van der Waals surface area contributed by atoms with Crippen molar-refractivity contribution < 1.29 is 14.6 Å². The Kier molecular flexibility index (Phi) is 5.47. The Bertz CT molecular complexity index is 1020. The molecule has 2 atom stereocenters. The molecule has 2 unspecified atom stereocenters. The molecular formula is C27H27NO3. The van der Waals surface area contributed by atoms with E-state index in [1.807, 2.05) is 54.6 Å². The van der Waals surface area contributed by atoms with E-state index in [0.29, 0.717) is 13.2 Å². The van der Waals surface area contributed by atoms with Crippen molar-refractivity contribution >= 4 is 6.09 Å². The van der Waals surface area contributed by atoms with E-state index in [4.69, 9.17) is 4.74 Å². The number of hydrogen-bond donors (Lipinski definition) is 1. The molecule has 1 N–H and O–H groups in total. The predicted octanol–water partition coefficient (Wildman–Crippen LogP) is 5.52. The highest BCUT2D eigenvalue weighted by Crippen LogP contribution is 2.44. The van der Waals surface area contributed by atoms with Crippen molar-refractivity contribution in [2.75, 3.05) is 13.2 Å². The Hall–Kier alpha value is -3.11. The van der Waals surface area contributed by atoms with Crippen LogP contribution in [-0.2, 0) is 4.74 Å². The summed E-state index contributed by atoms with van der Waals surface area (Å²) in [6, 6.07) is 26.0. The van der Waals surface area contributed by atoms with Crippen molar-refractivity contribution in [3.63, 3.8) is 0 Å². The average Bonchev–Trinajstić information content (AvgIpc) is 3.16. The number of fused-ring (bicyclic) bond motifs is 3. The second kappa shape index (κ2) is 8.56. The fourth-order valence-corrected chi connectivity index (χ4v) is 5.06. The lowest BCUT2D eigenvalue weighted by Gasteiger charge is -2.38. The number of nitrogens with zero attached hydrogens (tertiary/aromatic N) is 1. The Morgan fingerprint density at radius 3 is 2.19 bits per heavy atom. The summed E-state index contributed by atoms with van der Waals surface area (Å²) in [5.74, 6) is 0.0404. The van der Waals surface area contributed by atoms with Crippen molar-refractivity contribution in [3.8, 4) is 11.1 Å².